The van der Waals surface area contributed by atoms with Crippen LogP contribution in [0.3, 0.4) is 0 Å². The zero-order chi connectivity index (χ0) is 34.3. The predicted molar refractivity (Wildman–Crippen MR) is 199 cm³/mol. The van der Waals surface area contributed by atoms with Crippen LogP contribution in [-0.2, 0) is 4.79 Å². The molecule has 0 aliphatic heterocycles. The van der Waals surface area contributed by atoms with Crippen LogP contribution in [0, 0.1) is 11.3 Å². The summed E-state index contributed by atoms with van der Waals surface area (Å²) in [4.78, 5) is 32.1. The Labute approximate surface area is 292 Å². The molecule has 9 heteroatoms. The number of methoxy groups -OCH3 is 2. The van der Waals surface area contributed by atoms with Crippen molar-refractivity contribution < 1.29 is 19.1 Å². The first-order valence-corrected chi connectivity index (χ1v) is 17.1. The Kier molecular flexibility index (Phi) is 10.2. The number of nitrogens with zero attached hydrogens (tertiary/aromatic N) is 2. The first kappa shape index (κ1) is 33.2. The van der Waals surface area contributed by atoms with E-state index in [9.17, 15) is 14.9 Å². The van der Waals surface area contributed by atoms with Crippen molar-refractivity contribution in [1.29, 1.82) is 5.26 Å². The van der Waals surface area contributed by atoms with Gasteiger partial charge in [-0.1, -0.05) is 60.3 Å². The van der Waals surface area contributed by atoms with Gasteiger partial charge in [-0.15, -0.1) is 11.3 Å². The van der Waals surface area contributed by atoms with Crippen LogP contribution in [-0.4, -0.2) is 36.1 Å². The molecule has 0 spiro atoms. The molecule has 0 radical (unpaired) electrons. The van der Waals surface area contributed by atoms with Gasteiger partial charge in [0.25, 0.3) is 0 Å². The zero-order valence-electron chi connectivity index (χ0n) is 27.0. The summed E-state index contributed by atoms with van der Waals surface area (Å²) in [5.41, 5.74) is 4.28. The Balaban J connectivity index is 1.32. The summed E-state index contributed by atoms with van der Waals surface area (Å²) in [6.45, 7) is 1.77. The number of carbonyl (C=O) groups excluding carboxylic acids is 2. The number of benzene rings is 4. The fourth-order valence-electron chi connectivity index (χ4n) is 5.36. The number of ketones is 1. The number of allylic oxidation sites excluding steroid dienone is 1. The molecular weight excluding hydrogens is 651 g/mol. The smallest absolute Gasteiger partial charge is 0.237 e. The van der Waals surface area contributed by atoms with Crippen LogP contribution in [0.2, 0.25) is 0 Å². The number of rotatable bonds is 11. The number of aromatic nitrogens is 1. The summed E-state index contributed by atoms with van der Waals surface area (Å²) in [6.07, 6.45) is 3.33. The Bertz CT molecular complexity index is 2220. The van der Waals surface area contributed by atoms with Gasteiger partial charge in [-0.3, -0.25) is 9.59 Å². The van der Waals surface area contributed by atoms with Gasteiger partial charge in [0.2, 0.25) is 5.91 Å². The lowest BCUT2D eigenvalue weighted by molar-refractivity contribution is -0.115. The van der Waals surface area contributed by atoms with E-state index in [0.29, 0.717) is 50.2 Å². The quantitative estimate of drug-likeness (QED) is 0.0826. The molecule has 4 aromatic carbocycles. The van der Waals surface area contributed by atoms with E-state index in [4.69, 9.17) is 14.5 Å². The van der Waals surface area contributed by atoms with Crippen LogP contribution in [0.25, 0.3) is 39.2 Å². The van der Waals surface area contributed by atoms with Gasteiger partial charge in [-0.05, 0) is 83.8 Å². The van der Waals surface area contributed by atoms with Gasteiger partial charge < -0.3 is 14.8 Å². The highest BCUT2D eigenvalue weighted by atomic mass is 32.2. The Morgan fingerprint density at radius 1 is 0.898 bits per heavy atom. The van der Waals surface area contributed by atoms with Gasteiger partial charge in [0.05, 0.1) is 30.7 Å². The number of thioether (sulfide) groups is 1. The van der Waals surface area contributed by atoms with Gasteiger partial charge in [0, 0.05) is 38.9 Å². The minimum absolute atomic E-state index is 0.124. The van der Waals surface area contributed by atoms with Gasteiger partial charge in [-0.25, -0.2) is 4.98 Å². The molecule has 0 aliphatic rings. The topological polar surface area (TPSA) is 101 Å². The molecule has 6 rings (SSSR count). The number of pyridine rings is 1. The van der Waals surface area contributed by atoms with Crippen molar-refractivity contribution in [3.63, 3.8) is 0 Å². The monoisotopic (exact) mass is 681 g/mol. The third kappa shape index (κ3) is 7.41. The number of ether oxygens (including phenoxy) is 2. The van der Waals surface area contributed by atoms with E-state index in [2.05, 4.69) is 11.4 Å². The third-order valence-electron chi connectivity index (χ3n) is 7.90. The minimum Gasteiger partial charge on any atom is -0.497 e. The molecule has 0 fully saturated rings. The van der Waals surface area contributed by atoms with Crippen molar-refractivity contribution in [2.24, 2.45) is 0 Å². The van der Waals surface area contributed by atoms with Gasteiger partial charge in [0.15, 0.2) is 5.78 Å². The lowest BCUT2D eigenvalue weighted by atomic mass is 9.96. The second-order valence-corrected chi connectivity index (χ2v) is 13.3. The zero-order valence-corrected chi connectivity index (χ0v) is 28.6. The highest BCUT2D eigenvalue weighted by Crippen LogP contribution is 2.41. The van der Waals surface area contributed by atoms with Gasteiger partial charge >= 0.3 is 0 Å². The number of fused-ring (bicyclic) bond motifs is 1. The molecule has 0 saturated carbocycles. The summed E-state index contributed by atoms with van der Waals surface area (Å²) in [7, 11) is 3.16. The van der Waals surface area contributed by atoms with E-state index >= 15 is 0 Å². The van der Waals surface area contributed by atoms with Crippen molar-refractivity contribution in [1.82, 2.24) is 4.98 Å². The van der Waals surface area contributed by atoms with Crippen LogP contribution in [0.15, 0.2) is 120 Å². The Hall–Kier alpha value is -5.69. The van der Waals surface area contributed by atoms with Crippen molar-refractivity contribution in [3.05, 3.63) is 131 Å². The van der Waals surface area contributed by atoms with E-state index in [1.54, 1.807) is 75.0 Å². The molecule has 1 atom stereocenters. The van der Waals surface area contributed by atoms with Crippen molar-refractivity contribution in [3.8, 4) is 40.0 Å². The van der Waals surface area contributed by atoms with E-state index < -0.39 is 5.25 Å². The third-order valence-corrected chi connectivity index (χ3v) is 9.82. The molecule has 242 valence electrons. The fraction of sp³-hybridized carbons (Fsp3) is 0.100. The van der Waals surface area contributed by atoms with Crippen molar-refractivity contribution in [2.45, 2.75) is 17.2 Å². The Morgan fingerprint density at radius 3 is 2.43 bits per heavy atom. The number of nitriles is 1. The van der Waals surface area contributed by atoms with Crippen LogP contribution in [0.5, 0.6) is 11.5 Å². The molecule has 1 amide bonds. The van der Waals surface area contributed by atoms with E-state index in [1.807, 2.05) is 78.2 Å². The number of hydrogen-bond acceptors (Lipinski definition) is 8. The van der Waals surface area contributed by atoms with Crippen LogP contribution < -0.4 is 14.8 Å². The van der Waals surface area contributed by atoms with Crippen molar-refractivity contribution >= 4 is 57.3 Å². The average Bonchev–Trinajstić information content (AvgIpc) is 3.67. The first-order chi connectivity index (χ1) is 23.9. The molecule has 49 heavy (non-hydrogen) atoms. The average molecular weight is 682 g/mol. The van der Waals surface area contributed by atoms with Crippen molar-refractivity contribution in [2.75, 3.05) is 19.5 Å². The molecule has 0 saturated heterocycles. The number of nitrogens with one attached hydrogen (secondary N) is 1. The molecule has 0 bridgehead atoms. The van der Waals surface area contributed by atoms with Crippen LogP contribution in [0.4, 0.5) is 5.69 Å². The van der Waals surface area contributed by atoms with Crippen LogP contribution in [0.1, 0.15) is 27.7 Å². The van der Waals surface area contributed by atoms with Gasteiger partial charge in [-0.2, -0.15) is 5.26 Å². The lowest BCUT2D eigenvalue weighted by Gasteiger charge is -2.18. The second kappa shape index (κ2) is 15.0. The molecule has 2 heterocycles. The maximum Gasteiger partial charge on any atom is 0.237 e. The number of carbonyl (C=O) groups is 2. The molecule has 7 nitrogen and oxygen atoms in total. The van der Waals surface area contributed by atoms with E-state index in [-0.39, 0.29) is 11.7 Å². The largest absolute Gasteiger partial charge is 0.497 e. The molecule has 0 unspecified atom stereocenters. The summed E-state index contributed by atoms with van der Waals surface area (Å²) in [5.74, 6) is 0.762. The summed E-state index contributed by atoms with van der Waals surface area (Å²) < 4.78 is 11.1. The van der Waals surface area contributed by atoms with Gasteiger partial charge in [0.1, 0.15) is 22.6 Å². The number of amides is 1. The summed E-state index contributed by atoms with van der Waals surface area (Å²) in [5, 5.41) is 17.3. The second-order valence-electron chi connectivity index (χ2n) is 11.0. The van der Waals surface area contributed by atoms with Crippen LogP contribution >= 0.6 is 23.1 Å². The highest BCUT2D eigenvalue weighted by Gasteiger charge is 2.23. The molecular formula is C40H31N3O4S2. The van der Waals surface area contributed by atoms with E-state index in [0.717, 1.165) is 21.2 Å². The SMILES string of the molecule is COc1ccc(-c2cc(-c3cccc4ccccc34)nc(S[C@@H](C)C(=O)Nc3ccc(C(=O)/C=C/c4cccs4)cc3)c2C#N)c(OC)c1. The molecule has 6 aromatic rings. The minimum atomic E-state index is -0.622. The standard InChI is InChI=1S/C40H31N3O4S2/c1-25(39(45)42-28-15-13-27(14-16-28)37(44)20-18-30-10-7-21-48-30)49-40-35(24-41)34(33-19-17-29(46-2)22-38(33)47-3)23-36(43-40)32-12-6-9-26-8-4-5-11-31(26)32/h4-23,25H,1-3H3,(H,42,45)/b20-18+/t25-/m0/s1. The summed E-state index contributed by atoms with van der Waals surface area (Å²) >= 11 is 2.76. The predicted octanol–water partition coefficient (Wildman–Crippen LogP) is 9.53. The maximum absolute atomic E-state index is 13.5. The normalized spacial score (nSPS) is 11.6. The maximum atomic E-state index is 13.5. The highest BCUT2D eigenvalue weighted by molar-refractivity contribution is 8.00. The lowest BCUT2D eigenvalue weighted by Crippen LogP contribution is -2.22. The molecule has 0 aliphatic carbocycles. The Morgan fingerprint density at radius 2 is 1.69 bits per heavy atom. The summed E-state index contributed by atoms with van der Waals surface area (Å²) in [6, 6.07) is 34.4. The number of anilines is 1. The van der Waals surface area contributed by atoms with E-state index in [1.165, 1.54) is 11.8 Å². The fourth-order valence-corrected chi connectivity index (χ4v) is 6.90. The number of hydrogen-bond donors (Lipinski definition) is 1. The molecule has 1 N–H and O–H groups in total. The molecule has 2 aromatic heterocycles. The number of thiophene rings is 1. The first-order valence-electron chi connectivity index (χ1n) is 15.4.